The summed E-state index contributed by atoms with van der Waals surface area (Å²) < 4.78 is 5.78. The molecule has 1 fully saturated rings. The predicted molar refractivity (Wildman–Crippen MR) is 70.1 cm³/mol. The molecule has 2 aliphatic rings. The highest BCUT2D eigenvalue weighted by Gasteiger charge is 2.43. The van der Waals surface area contributed by atoms with E-state index < -0.39 is 0 Å². The summed E-state index contributed by atoms with van der Waals surface area (Å²) in [5, 5.41) is 0. The van der Waals surface area contributed by atoms with Crippen LogP contribution < -0.4 is 4.74 Å². The van der Waals surface area contributed by atoms with Crippen molar-refractivity contribution in [2.45, 2.75) is 18.3 Å². The molecule has 0 saturated carbocycles. The van der Waals surface area contributed by atoms with Crippen molar-refractivity contribution in [2.24, 2.45) is 0 Å². The first kappa shape index (κ1) is 11.8. The Bertz CT molecular complexity index is 467. The zero-order chi connectivity index (χ0) is 12.6. The number of benzene rings is 1. The summed E-state index contributed by atoms with van der Waals surface area (Å²) in [4.78, 5) is 13.4. The molecule has 1 spiro atoms. The molecule has 0 unspecified atom stereocenters. The van der Waals surface area contributed by atoms with Gasteiger partial charge in [-0.3, -0.25) is 4.79 Å². The van der Waals surface area contributed by atoms with Gasteiger partial charge in [0, 0.05) is 24.1 Å². The van der Waals surface area contributed by atoms with Crippen LogP contribution in [0.25, 0.3) is 0 Å². The molecule has 1 amide bonds. The highest BCUT2D eigenvalue weighted by molar-refractivity contribution is 6.27. The minimum atomic E-state index is 0.0405. The first-order valence-corrected chi connectivity index (χ1v) is 6.85. The van der Waals surface area contributed by atoms with E-state index in [1.54, 1.807) is 0 Å². The van der Waals surface area contributed by atoms with Gasteiger partial charge in [-0.2, -0.15) is 0 Å². The van der Waals surface area contributed by atoms with Gasteiger partial charge in [-0.15, -0.1) is 11.6 Å². The molecule has 0 aromatic heterocycles. The highest BCUT2D eigenvalue weighted by Crippen LogP contribution is 2.45. The number of carbonyl (C=O) groups is 1. The van der Waals surface area contributed by atoms with Gasteiger partial charge in [-0.25, -0.2) is 0 Å². The van der Waals surface area contributed by atoms with Crippen LogP contribution >= 0.6 is 11.6 Å². The van der Waals surface area contributed by atoms with Crippen molar-refractivity contribution in [3.63, 3.8) is 0 Å². The molecule has 1 aromatic carbocycles. The average molecular weight is 266 g/mol. The number of likely N-dealkylation sites (tertiary alicyclic amines) is 1. The van der Waals surface area contributed by atoms with Crippen LogP contribution in [0, 0.1) is 0 Å². The summed E-state index contributed by atoms with van der Waals surface area (Å²) in [6, 6.07) is 8.25. The van der Waals surface area contributed by atoms with E-state index in [0.717, 1.165) is 38.3 Å². The molecule has 4 heteroatoms. The smallest absolute Gasteiger partial charge is 0.237 e. The molecular weight excluding hydrogens is 250 g/mol. The Kier molecular flexibility index (Phi) is 2.94. The van der Waals surface area contributed by atoms with Gasteiger partial charge in [-0.05, 0) is 18.9 Å². The van der Waals surface area contributed by atoms with Gasteiger partial charge < -0.3 is 9.64 Å². The maximum atomic E-state index is 11.6. The zero-order valence-electron chi connectivity index (χ0n) is 10.2. The molecule has 96 valence electrons. The first-order valence-electron chi connectivity index (χ1n) is 6.31. The second-order valence-corrected chi connectivity index (χ2v) is 5.35. The molecule has 0 aliphatic carbocycles. The lowest BCUT2D eigenvalue weighted by Crippen LogP contribution is -2.46. The average Bonchev–Trinajstić information content (AvgIpc) is 2.78. The Hall–Kier alpha value is -1.22. The molecule has 3 rings (SSSR count). The number of piperidine rings is 1. The van der Waals surface area contributed by atoms with E-state index in [-0.39, 0.29) is 17.2 Å². The fourth-order valence-corrected chi connectivity index (χ4v) is 3.18. The van der Waals surface area contributed by atoms with Gasteiger partial charge in [0.15, 0.2) is 0 Å². The minimum absolute atomic E-state index is 0.0405. The molecule has 0 bridgehead atoms. The SMILES string of the molecule is O=C(CCl)N1CCC2(CC1)COc1ccccc12. The first-order chi connectivity index (χ1) is 8.75. The third-order valence-corrected chi connectivity index (χ3v) is 4.38. The molecular formula is C14H16ClNO2. The Labute approximate surface area is 112 Å². The molecule has 2 heterocycles. The lowest BCUT2D eigenvalue weighted by Gasteiger charge is -2.38. The normalized spacial score (nSPS) is 20.6. The molecule has 0 N–H and O–H groups in total. The molecule has 0 radical (unpaired) electrons. The Morgan fingerprint density at radius 2 is 2.06 bits per heavy atom. The van der Waals surface area contributed by atoms with Crippen molar-refractivity contribution in [3.8, 4) is 5.75 Å². The van der Waals surface area contributed by atoms with Crippen LogP contribution in [0.15, 0.2) is 24.3 Å². The predicted octanol–water partition coefficient (Wildman–Crippen LogP) is 2.18. The Morgan fingerprint density at radius 1 is 1.33 bits per heavy atom. The number of halogens is 1. The number of carbonyl (C=O) groups excluding carboxylic acids is 1. The summed E-state index contributed by atoms with van der Waals surface area (Å²) >= 11 is 5.60. The fourth-order valence-electron chi connectivity index (χ4n) is 3.01. The van der Waals surface area contributed by atoms with Crippen molar-refractivity contribution in [1.82, 2.24) is 4.90 Å². The number of rotatable bonds is 1. The largest absolute Gasteiger partial charge is 0.492 e. The van der Waals surface area contributed by atoms with E-state index in [2.05, 4.69) is 12.1 Å². The number of fused-ring (bicyclic) bond motifs is 2. The number of ether oxygens (including phenoxy) is 1. The summed E-state index contributed by atoms with van der Waals surface area (Å²) in [6.45, 7) is 2.31. The van der Waals surface area contributed by atoms with Gasteiger partial charge in [0.2, 0.25) is 5.91 Å². The van der Waals surface area contributed by atoms with E-state index in [1.807, 2.05) is 17.0 Å². The van der Waals surface area contributed by atoms with Crippen LogP contribution in [0.1, 0.15) is 18.4 Å². The lowest BCUT2D eigenvalue weighted by atomic mass is 9.74. The van der Waals surface area contributed by atoms with Crippen molar-refractivity contribution in [2.75, 3.05) is 25.6 Å². The monoisotopic (exact) mass is 265 g/mol. The van der Waals surface area contributed by atoms with Crippen LogP contribution in [-0.2, 0) is 10.2 Å². The quantitative estimate of drug-likeness (QED) is 0.729. The van der Waals surface area contributed by atoms with E-state index in [4.69, 9.17) is 16.3 Å². The third kappa shape index (κ3) is 1.77. The van der Waals surface area contributed by atoms with Crippen molar-refractivity contribution in [3.05, 3.63) is 29.8 Å². The number of para-hydroxylation sites is 1. The van der Waals surface area contributed by atoms with Gasteiger partial charge in [-0.1, -0.05) is 18.2 Å². The topological polar surface area (TPSA) is 29.5 Å². The summed E-state index contributed by atoms with van der Waals surface area (Å²) in [7, 11) is 0. The van der Waals surface area contributed by atoms with E-state index in [0.29, 0.717) is 0 Å². The van der Waals surface area contributed by atoms with Crippen molar-refractivity contribution in [1.29, 1.82) is 0 Å². The summed E-state index contributed by atoms with van der Waals surface area (Å²) in [5.74, 6) is 1.13. The Morgan fingerprint density at radius 3 is 2.78 bits per heavy atom. The third-order valence-electron chi connectivity index (χ3n) is 4.15. The van der Waals surface area contributed by atoms with Crippen LogP contribution in [0.5, 0.6) is 5.75 Å². The van der Waals surface area contributed by atoms with E-state index in [1.165, 1.54) is 5.56 Å². The van der Waals surface area contributed by atoms with Gasteiger partial charge >= 0.3 is 0 Å². The zero-order valence-corrected chi connectivity index (χ0v) is 10.9. The van der Waals surface area contributed by atoms with Crippen LogP contribution in [0.2, 0.25) is 0 Å². The van der Waals surface area contributed by atoms with Gasteiger partial charge in [0.05, 0.1) is 6.61 Å². The summed E-state index contributed by atoms with van der Waals surface area (Å²) in [6.07, 6.45) is 1.93. The van der Waals surface area contributed by atoms with Crippen LogP contribution in [-0.4, -0.2) is 36.4 Å². The van der Waals surface area contributed by atoms with E-state index in [9.17, 15) is 4.79 Å². The minimum Gasteiger partial charge on any atom is -0.492 e. The molecule has 3 nitrogen and oxygen atoms in total. The Balaban J connectivity index is 1.79. The number of alkyl halides is 1. The maximum absolute atomic E-state index is 11.6. The van der Waals surface area contributed by atoms with Gasteiger partial charge in [0.25, 0.3) is 0 Å². The fraction of sp³-hybridized carbons (Fsp3) is 0.500. The number of nitrogens with zero attached hydrogens (tertiary/aromatic N) is 1. The standard InChI is InChI=1S/C14H16ClNO2/c15-9-13(17)16-7-5-14(6-8-16)10-18-12-4-2-1-3-11(12)14/h1-4H,5-10H2. The van der Waals surface area contributed by atoms with Crippen molar-refractivity contribution >= 4 is 17.5 Å². The molecule has 0 atom stereocenters. The second kappa shape index (κ2) is 4.47. The lowest BCUT2D eigenvalue weighted by molar-refractivity contribution is -0.130. The van der Waals surface area contributed by atoms with Crippen LogP contribution in [0.3, 0.4) is 0 Å². The number of hydrogen-bond acceptors (Lipinski definition) is 2. The molecule has 1 saturated heterocycles. The molecule has 18 heavy (non-hydrogen) atoms. The maximum Gasteiger partial charge on any atom is 0.237 e. The molecule has 1 aromatic rings. The van der Waals surface area contributed by atoms with E-state index >= 15 is 0 Å². The van der Waals surface area contributed by atoms with Crippen LogP contribution in [0.4, 0.5) is 0 Å². The summed E-state index contributed by atoms with van der Waals surface area (Å²) in [5.41, 5.74) is 1.42. The number of hydrogen-bond donors (Lipinski definition) is 0. The van der Waals surface area contributed by atoms with Gasteiger partial charge in [0.1, 0.15) is 11.6 Å². The highest BCUT2D eigenvalue weighted by atomic mass is 35.5. The molecule has 2 aliphatic heterocycles. The van der Waals surface area contributed by atoms with Crippen molar-refractivity contribution < 1.29 is 9.53 Å². The second-order valence-electron chi connectivity index (χ2n) is 5.08. The number of amides is 1.